The van der Waals surface area contributed by atoms with Crippen molar-refractivity contribution < 1.29 is 52.4 Å². The Bertz CT molecular complexity index is 1970. The van der Waals surface area contributed by atoms with Gasteiger partial charge in [-0.05, 0) is 59.7 Å². The van der Waals surface area contributed by atoms with Crippen molar-refractivity contribution in [2.75, 3.05) is 27.1 Å². The van der Waals surface area contributed by atoms with Gasteiger partial charge < -0.3 is 18.9 Å². The molecule has 0 saturated carbocycles. The molecule has 4 rings (SSSR count). The third-order valence-electron chi connectivity index (χ3n) is 7.56. The number of carbonyl (C=O) groups is 2. The Hall–Kier alpha value is -5.17. The van der Waals surface area contributed by atoms with Crippen LogP contribution in [0.15, 0.2) is 97.1 Å². The maximum absolute atomic E-state index is 13.5. The molecule has 2 atom stereocenters. The van der Waals surface area contributed by atoms with Crippen LogP contribution in [-0.4, -0.2) is 74.1 Å². The first kappa shape index (κ1) is 40.0. The van der Waals surface area contributed by atoms with Crippen molar-refractivity contribution in [3.05, 3.63) is 140 Å². The molecule has 0 aliphatic rings. The van der Waals surface area contributed by atoms with Gasteiger partial charge in [0.15, 0.2) is 0 Å². The number of carbonyl (C=O) groups excluding carboxylic acids is 2. The van der Waals surface area contributed by atoms with Crippen LogP contribution in [0.3, 0.4) is 0 Å². The third kappa shape index (κ3) is 13.0. The summed E-state index contributed by atoms with van der Waals surface area (Å²) >= 11 is 2.93. The lowest BCUT2D eigenvalue weighted by molar-refractivity contribution is -0.385. The van der Waals surface area contributed by atoms with Crippen LogP contribution in [0.1, 0.15) is 39.6 Å². The molecule has 0 aromatic heterocycles. The summed E-state index contributed by atoms with van der Waals surface area (Å²) in [5.41, 5.74) is 1.13. The highest BCUT2D eigenvalue weighted by Gasteiger charge is 2.34. The molecular weight excluding hydrogens is 765 g/mol. The van der Waals surface area contributed by atoms with Gasteiger partial charge in [-0.1, -0.05) is 24.3 Å². The van der Waals surface area contributed by atoms with E-state index in [-0.39, 0.29) is 28.9 Å². The number of nitrogens with zero attached hydrogens (tertiary/aromatic N) is 2. The van der Waals surface area contributed by atoms with Crippen molar-refractivity contribution in [3.8, 4) is 11.5 Å². The lowest BCUT2D eigenvalue weighted by Gasteiger charge is -2.29. The van der Waals surface area contributed by atoms with Gasteiger partial charge in [0.1, 0.15) is 30.3 Å². The summed E-state index contributed by atoms with van der Waals surface area (Å²) < 4.78 is 59.8. The summed E-state index contributed by atoms with van der Waals surface area (Å²) in [5.74, 6) is 0.314. The highest BCUT2D eigenvalue weighted by molar-refractivity contribution is 8.16. The first-order valence-corrected chi connectivity index (χ1v) is 19.5. The number of benzene rings is 4. The third-order valence-corrected chi connectivity index (χ3v) is 11.0. The van der Waals surface area contributed by atoms with E-state index < -0.39 is 61.5 Å². The molecule has 0 N–H and O–H groups in total. The van der Waals surface area contributed by atoms with Crippen molar-refractivity contribution in [1.82, 2.24) is 0 Å². The molecule has 0 unspecified atom stereocenters. The molecule has 54 heavy (non-hydrogen) atoms. The molecule has 0 heterocycles. The molecule has 0 radical (unpaired) electrons. The van der Waals surface area contributed by atoms with Crippen molar-refractivity contribution in [1.29, 1.82) is 0 Å². The van der Waals surface area contributed by atoms with E-state index in [1.165, 1.54) is 35.7 Å². The van der Waals surface area contributed by atoms with E-state index >= 15 is 0 Å². The summed E-state index contributed by atoms with van der Waals surface area (Å²) in [5, 5.41) is 22.3. The zero-order chi connectivity index (χ0) is 40.0. The van der Waals surface area contributed by atoms with Gasteiger partial charge in [-0.2, -0.15) is 8.42 Å². The maximum atomic E-state index is 13.5. The average molecular weight is 802 g/mol. The number of nitro benzene ring substituents is 2. The number of nitro groups is 2. The Balaban J connectivity index is 1.67. The fourth-order valence-electron chi connectivity index (χ4n) is 4.74. The number of methoxy groups -OCH3 is 2. The molecule has 18 heteroatoms. The summed E-state index contributed by atoms with van der Waals surface area (Å²) in [6, 6.07) is 23.8. The number of hydrogen-bond acceptors (Lipinski definition) is 15. The number of esters is 2. The van der Waals surface area contributed by atoms with Crippen LogP contribution >= 0.6 is 23.5 Å². The van der Waals surface area contributed by atoms with Crippen LogP contribution in [0.4, 0.5) is 11.4 Å². The first-order chi connectivity index (χ1) is 26.3. The van der Waals surface area contributed by atoms with Gasteiger partial charge in [-0.15, -0.1) is 23.5 Å². The fourth-order valence-corrected chi connectivity index (χ4v) is 7.88. The summed E-state index contributed by atoms with van der Waals surface area (Å²) in [4.78, 5) is 47.6. The van der Waals surface area contributed by atoms with E-state index in [2.05, 4.69) is 0 Å². The summed E-state index contributed by atoms with van der Waals surface area (Å²) in [6.45, 7) is -0.772. The van der Waals surface area contributed by atoms with Gasteiger partial charge in [0.25, 0.3) is 21.5 Å². The Kier molecular flexibility index (Phi) is 14.7. The minimum absolute atomic E-state index is 0.0619. The number of ether oxygens (including phenoxy) is 4. The van der Waals surface area contributed by atoms with E-state index in [9.17, 15) is 38.2 Å². The highest BCUT2D eigenvalue weighted by atomic mass is 32.2. The molecule has 286 valence electrons. The van der Waals surface area contributed by atoms with Crippen molar-refractivity contribution >= 4 is 57.0 Å². The normalized spacial score (nSPS) is 12.6. The Morgan fingerprint density at radius 2 is 1.15 bits per heavy atom. The largest absolute Gasteiger partial charge is 0.497 e. The summed E-state index contributed by atoms with van der Waals surface area (Å²) in [6.07, 6.45) is -4.35. The quantitative estimate of drug-likeness (QED) is 0.0296. The van der Waals surface area contributed by atoms with Crippen molar-refractivity contribution in [2.24, 2.45) is 0 Å². The minimum Gasteiger partial charge on any atom is -0.497 e. The van der Waals surface area contributed by atoms with Crippen LogP contribution in [0.2, 0.25) is 0 Å². The van der Waals surface area contributed by atoms with Crippen LogP contribution in [0.25, 0.3) is 0 Å². The average Bonchev–Trinajstić information content (AvgIpc) is 3.20. The van der Waals surface area contributed by atoms with E-state index in [4.69, 9.17) is 24.5 Å². The first-order valence-electron chi connectivity index (χ1n) is 16.6. The number of thioether (sulfide) groups is 2. The minimum atomic E-state index is -4.57. The van der Waals surface area contributed by atoms with Crippen molar-refractivity contribution in [2.45, 2.75) is 34.7 Å². The van der Waals surface area contributed by atoms with Crippen LogP contribution in [0, 0.1) is 20.2 Å². The summed E-state index contributed by atoms with van der Waals surface area (Å²) in [7, 11) is -1.47. The van der Waals surface area contributed by atoms with Gasteiger partial charge in [-0.25, -0.2) is 9.59 Å². The number of rotatable bonds is 20. The number of hydrogen-bond donors (Lipinski definition) is 0. The number of non-ortho nitro benzene ring substituents is 2. The van der Waals surface area contributed by atoms with Gasteiger partial charge in [0.2, 0.25) is 0 Å². The zero-order valence-electron chi connectivity index (χ0n) is 29.9. The molecular formula is C36H36N2O13S3. The monoisotopic (exact) mass is 801 g/mol. The SMILES string of the molecule is [2H]CS(=O)(=O)O[C@H](COC(=O)c1ccc([N+](=O)[O-])cc1)[C@H](CC(SCc1ccc(OC)cc1)SCc1ccc(OC)cc1)OC(=O)c1ccc([N+](=O)[O-])cc1. The molecule has 0 aliphatic carbocycles. The van der Waals surface area contributed by atoms with Gasteiger partial charge in [-0.3, -0.25) is 24.4 Å². The van der Waals surface area contributed by atoms with E-state index in [1.807, 2.05) is 24.3 Å². The van der Waals surface area contributed by atoms with Gasteiger partial charge >= 0.3 is 11.9 Å². The fraction of sp³-hybridized carbons (Fsp3) is 0.278. The van der Waals surface area contributed by atoms with Gasteiger partial charge in [0.05, 0.1) is 46.0 Å². The second kappa shape index (κ2) is 19.8. The smallest absolute Gasteiger partial charge is 0.338 e. The van der Waals surface area contributed by atoms with Gasteiger partial charge in [0, 0.05) is 43.6 Å². The molecule has 15 nitrogen and oxygen atoms in total. The Morgan fingerprint density at radius 1 is 0.704 bits per heavy atom. The Labute approximate surface area is 321 Å². The van der Waals surface area contributed by atoms with E-state index in [0.29, 0.717) is 23.0 Å². The second-order valence-electron chi connectivity index (χ2n) is 11.3. The highest BCUT2D eigenvalue weighted by Crippen LogP contribution is 2.36. The van der Waals surface area contributed by atoms with Crippen LogP contribution in [-0.2, 0) is 35.3 Å². The standard InChI is InChI=1S/C36H36N2O13S3/c1-47-30-16-4-24(5-17-30)22-52-34(53-23-25-6-18-31(48-2)19-7-25)20-32(50-36(40)27-10-14-29(15-11-27)38(43)44)33(51-54(3,45)46)21-49-35(39)26-8-12-28(13-9-26)37(41)42/h4-19,32-34H,20-23H2,1-3H3/t32-,33+/m0/s1/i3D. The molecule has 4 aromatic rings. The topological polar surface area (TPSA) is 201 Å². The predicted molar refractivity (Wildman–Crippen MR) is 202 cm³/mol. The maximum Gasteiger partial charge on any atom is 0.338 e. The zero-order valence-corrected chi connectivity index (χ0v) is 31.4. The van der Waals surface area contributed by atoms with Crippen LogP contribution < -0.4 is 9.47 Å². The molecule has 0 saturated heterocycles. The van der Waals surface area contributed by atoms with E-state index in [1.54, 1.807) is 38.5 Å². The predicted octanol–water partition coefficient (Wildman–Crippen LogP) is 6.83. The molecule has 0 aliphatic heterocycles. The van der Waals surface area contributed by atoms with E-state index in [0.717, 1.165) is 47.5 Å². The van der Waals surface area contributed by atoms with Crippen molar-refractivity contribution in [3.63, 3.8) is 0 Å². The molecule has 4 aromatic carbocycles. The molecule has 0 spiro atoms. The molecule has 0 amide bonds. The lowest BCUT2D eigenvalue weighted by atomic mass is 10.1. The molecule has 0 bridgehead atoms. The second-order valence-corrected chi connectivity index (χ2v) is 15.3. The van der Waals surface area contributed by atoms with Crippen LogP contribution in [0.5, 0.6) is 11.5 Å². The lowest BCUT2D eigenvalue weighted by Crippen LogP contribution is -2.40. The molecule has 0 fully saturated rings. The Morgan fingerprint density at radius 3 is 1.56 bits per heavy atom.